The van der Waals surface area contributed by atoms with E-state index < -0.39 is 17.5 Å². The fraction of sp³-hybridized carbons (Fsp3) is 0.385. The molecule has 4 nitrogen and oxygen atoms in total. The maximum absolute atomic E-state index is 13.6. The van der Waals surface area contributed by atoms with Crippen molar-refractivity contribution in [2.24, 2.45) is 5.73 Å². The average Bonchev–Trinajstić information content (AvgIpc) is 2.40. The van der Waals surface area contributed by atoms with Gasteiger partial charge in [0.05, 0.1) is 17.2 Å². The van der Waals surface area contributed by atoms with Gasteiger partial charge in [-0.25, -0.2) is 8.78 Å². The first-order valence-electron chi connectivity index (χ1n) is 5.97. The molecule has 20 heavy (non-hydrogen) atoms. The molecule has 1 aromatic rings. The van der Waals surface area contributed by atoms with E-state index in [1.54, 1.807) is 0 Å². The van der Waals surface area contributed by atoms with Gasteiger partial charge in [0.1, 0.15) is 11.6 Å². The predicted octanol–water partition coefficient (Wildman–Crippen LogP) is 1.73. The summed E-state index contributed by atoms with van der Waals surface area (Å²) in [6.45, 7) is 0.751. The molecule has 1 rings (SSSR count). The lowest BCUT2D eigenvalue weighted by atomic mass is 10.1. The van der Waals surface area contributed by atoms with E-state index in [2.05, 4.69) is 0 Å². The maximum atomic E-state index is 13.6. The number of carbonyl (C=O) groups is 1. The number of halogens is 2. The van der Waals surface area contributed by atoms with Gasteiger partial charge in [0.2, 0.25) is 0 Å². The number of rotatable bonds is 7. The second kappa shape index (κ2) is 7.86. The lowest BCUT2D eigenvalue weighted by molar-refractivity contribution is 0.0696. The van der Waals surface area contributed by atoms with Crippen LogP contribution in [-0.4, -0.2) is 42.6 Å². The van der Waals surface area contributed by atoms with Crippen molar-refractivity contribution in [2.75, 3.05) is 26.8 Å². The van der Waals surface area contributed by atoms with Crippen LogP contribution in [0.3, 0.4) is 0 Å². The van der Waals surface area contributed by atoms with Crippen molar-refractivity contribution in [3.63, 3.8) is 0 Å². The topological polar surface area (TPSA) is 55.6 Å². The van der Waals surface area contributed by atoms with E-state index in [1.165, 1.54) is 12.0 Å². The monoisotopic (exact) mass is 302 g/mol. The Labute approximate surface area is 121 Å². The molecule has 0 bridgehead atoms. The highest BCUT2D eigenvalue weighted by Crippen LogP contribution is 2.13. The smallest absolute Gasteiger partial charge is 0.257 e. The van der Waals surface area contributed by atoms with Crippen molar-refractivity contribution in [2.45, 2.75) is 6.42 Å². The van der Waals surface area contributed by atoms with E-state index >= 15 is 0 Å². The molecule has 0 saturated heterocycles. The normalized spacial score (nSPS) is 10.3. The van der Waals surface area contributed by atoms with Crippen LogP contribution >= 0.6 is 12.2 Å². The van der Waals surface area contributed by atoms with Crippen LogP contribution in [0, 0.1) is 11.6 Å². The predicted molar refractivity (Wildman–Crippen MR) is 75.5 cm³/mol. The van der Waals surface area contributed by atoms with Crippen molar-refractivity contribution in [1.82, 2.24) is 4.90 Å². The van der Waals surface area contributed by atoms with Crippen molar-refractivity contribution >= 4 is 23.1 Å². The Bertz CT molecular complexity index is 497. The molecule has 0 aliphatic heterocycles. The average molecular weight is 302 g/mol. The fourth-order valence-corrected chi connectivity index (χ4v) is 1.68. The summed E-state index contributed by atoms with van der Waals surface area (Å²) in [6.07, 6.45) is 0.307. The van der Waals surface area contributed by atoms with Gasteiger partial charge in [-0.1, -0.05) is 12.2 Å². The van der Waals surface area contributed by atoms with Crippen LogP contribution in [0.4, 0.5) is 8.78 Å². The first-order valence-corrected chi connectivity index (χ1v) is 6.38. The van der Waals surface area contributed by atoms with Gasteiger partial charge in [0, 0.05) is 26.6 Å². The van der Waals surface area contributed by atoms with E-state index in [1.807, 2.05) is 0 Å². The van der Waals surface area contributed by atoms with Gasteiger partial charge >= 0.3 is 0 Å². The Kier molecular flexibility index (Phi) is 6.47. The van der Waals surface area contributed by atoms with Crippen LogP contribution in [0.5, 0.6) is 0 Å². The number of benzene rings is 1. The molecule has 0 aromatic heterocycles. The summed E-state index contributed by atoms with van der Waals surface area (Å²) < 4.78 is 31.6. The molecule has 0 radical (unpaired) electrons. The van der Waals surface area contributed by atoms with Gasteiger partial charge in [0.25, 0.3) is 5.91 Å². The lowest BCUT2D eigenvalue weighted by Gasteiger charge is -2.22. The highest BCUT2D eigenvalue weighted by Gasteiger charge is 2.19. The van der Waals surface area contributed by atoms with Gasteiger partial charge in [-0.3, -0.25) is 4.79 Å². The van der Waals surface area contributed by atoms with Crippen molar-refractivity contribution in [1.29, 1.82) is 0 Å². The summed E-state index contributed by atoms with van der Waals surface area (Å²) in [5.41, 5.74) is 5.07. The first-order chi connectivity index (χ1) is 9.45. The van der Waals surface area contributed by atoms with Crippen LogP contribution in [0.25, 0.3) is 0 Å². The number of nitrogens with zero attached hydrogens (tertiary/aromatic N) is 1. The van der Waals surface area contributed by atoms with E-state index in [4.69, 9.17) is 22.7 Å². The van der Waals surface area contributed by atoms with Crippen LogP contribution in [-0.2, 0) is 4.74 Å². The molecule has 0 heterocycles. The van der Waals surface area contributed by atoms with Crippen molar-refractivity contribution in [3.8, 4) is 0 Å². The molecular formula is C13H16F2N2O2S. The molecule has 1 aromatic carbocycles. The Morgan fingerprint density at radius 3 is 2.70 bits per heavy atom. The van der Waals surface area contributed by atoms with Crippen LogP contribution in [0.15, 0.2) is 18.2 Å². The molecule has 0 unspecified atom stereocenters. The molecule has 2 N–H and O–H groups in total. The summed E-state index contributed by atoms with van der Waals surface area (Å²) in [7, 11) is 1.49. The minimum atomic E-state index is -0.769. The van der Waals surface area contributed by atoms with E-state index in [0.29, 0.717) is 6.42 Å². The van der Waals surface area contributed by atoms with Gasteiger partial charge in [-0.2, -0.15) is 0 Å². The number of nitrogens with two attached hydrogens (primary N) is 1. The molecule has 0 saturated carbocycles. The Morgan fingerprint density at radius 1 is 1.40 bits per heavy atom. The molecule has 0 aliphatic rings. The highest BCUT2D eigenvalue weighted by atomic mass is 32.1. The zero-order valence-corrected chi connectivity index (χ0v) is 11.9. The molecule has 7 heteroatoms. The van der Waals surface area contributed by atoms with E-state index in [9.17, 15) is 13.6 Å². The summed E-state index contributed by atoms with van der Waals surface area (Å²) in [6, 6.07) is 2.75. The quantitative estimate of drug-likeness (QED) is 0.779. The summed E-state index contributed by atoms with van der Waals surface area (Å²) in [5, 5.41) is 0. The van der Waals surface area contributed by atoms with E-state index in [0.717, 1.165) is 18.2 Å². The second-order valence-corrected chi connectivity index (χ2v) is 4.65. The highest BCUT2D eigenvalue weighted by molar-refractivity contribution is 7.80. The number of methoxy groups -OCH3 is 1. The number of hydrogen-bond acceptors (Lipinski definition) is 3. The molecular weight excluding hydrogens is 286 g/mol. The number of ether oxygens (including phenoxy) is 1. The van der Waals surface area contributed by atoms with Crippen LogP contribution in [0.1, 0.15) is 16.8 Å². The zero-order chi connectivity index (χ0) is 15.1. The summed E-state index contributed by atoms with van der Waals surface area (Å²) in [4.78, 5) is 13.8. The Balaban J connectivity index is 2.90. The number of thiocarbonyl (C=S) groups is 1. The largest absolute Gasteiger partial charge is 0.393 e. The number of carbonyl (C=O) groups excluding carboxylic acids is 1. The third-order valence-electron chi connectivity index (χ3n) is 2.64. The SMILES string of the molecule is COCCN(CCC(N)=S)C(=O)c1cc(F)ccc1F. The minimum absolute atomic E-state index is 0.230. The number of amides is 1. The third-order valence-corrected chi connectivity index (χ3v) is 2.84. The molecule has 110 valence electrons. The first kappa shape index (κ1) is 16.5. The van der Waals surface area contributed by atoms with Gasteiger partial charge in [-0.15, -0.1) is 0 Å². The summed E-state index contributed by atoms with van der Waals surface area (Å²) >= 11 is 4.75. The van der Waals surface area contributed by atoms with Crippen LogP contribution in [0.2, 0.25) is 0 Å². The van der Waals surface area contributed by atoms with E-state index in [-0.39, 0.29) is 30.2 Å². The van der Waals surface area contributed by atoms with Gasteiger partial charge in [0.15, 0.2) is 0 Å². The standard InChI is InChI=1S/C13H16F2N2O2S/c1-19-7-6-17(5-4-12(16)20)13(18)10-8-9(14)2-3-11(10)15/h2-3,8H,4-7H2,1H3,(H2,16,20). The van der Waals surface area contributed by atoms with Gasteiger partial charge in [-0.05, 0) is 18.2 Å². The van der Waals surface area contributed by atoms with Crippen molar-refractivity contribution in [3.05, 3.63) is 35.4 Å². The maximum Gasteiger partial charge on any atom is 0.257 e. The van der Waals surface area contributed by atoms with Gasteiger partial charge < -0.3 is 15.4 Å². The molecule has 0 atom stereocenters. The number of hydrogen-bond donors (Lipinski definition) is 1. The van der Waals surface area contributed by atoms with Crippen LogP contribution < -0.4 is 5.73 Å². The fourth-order valence-electron chi connectivity index (χ4n) is 1.59. The molecule has 0 aliphatic carbocycles. The Morgan fingerprint density at radius 2 is 2.10 bits per heavy atom. The lowest BCUT2D eigenvalue weighted by Crippen LogP contribution is -2.36. The zero-order valence-electron chi connectivity index (χ0n) is 11.1. The summed E-state index contributed by atoms with van der Waals surface area (Å²) in [5.74, 6) is -2.06. The third kappa shape index (κ3) is 4.82. The molecule has 0 spiro atoms. The molecule has 1 amide bonds. The minimum Gasteiger partial charge on any atom is -0.393 e. The Hall–Kier alpha value is -1.60. The second-order valence-electron chi connectivity index (χ2n) is 4.13. The molecule has 0 fully saturated rings. The van der Waals surface area contributed by atoms with Crippen molar-refractivity contribution < 1.29 is 18.3 Å².